The fraction of sp³-hybridized carbons (Fsp3) is 0.0714. The summed E-state index contributed by atoms with van der Waals surface area (Å²) in [5.41, 5.74) is 12.0. The van der Waals surface area contributed by atoms with Crippen molar-refractivity contribution < 1.29 is 17.1 Å². The third-order valence-electron chi connectivity index (χ3n) is 4.46. The number of thioether (sulfide) groups is 2. The van der Waals surface area contributed by atoms with Crippen LogP contribution in [0.1, 0.15) is 22.5 Å². The zero-order valence-corrected chi connectivity index (χ0v) is 25.0. The van der Waals surface area contributed by atoms with E-state index in [1.54, 1.807) is 48.3 Å². The number of rotatable bonds is 8. The minimum Gasteiger partial charge on any atom is -0.520 e. The summed E-state index contributed by atoms with van der Waals surface area (Å²) < 4.78 is 1.27. The van der Waals surface area contributed by atoms with Crippen LogP contribution in [-0.2, 0) is 53.0 Å². The van der Waals surface area contributed by atoms with E-state index >= 15 is 0 Å². The van der Waals surface area contributed by atoms with Crippen LogP contribution in [0.5, 0.6) is 0 Å². The van der Waals surface area contributed by atoms with Gasteiger partial charge in [-0.15, -0.1) is 0 Å². The Bertz CT molecular complexity index is 1190. The van der Waals surface area contributed by atoms with E-state index < -0.39 is 0 Å². The zero-order valence-electron chi connectivity index (χ0n) is 20.7. The number of hydrogen-bond donors (Lipinski definition) is 0. The van der Waals surface area contributed by atoms with Gasteiger partial charge in [0.1, 0.15) is 0 Å². The van der Waals surface area contributed by atoms with Crippen molar-refractivity contribution in [2.24, 2.45) is 10.2 Å². The minimum absolute atomic E-state index is 0. The molecule has 1 radical (unpaired) electrons. The number of aromatic nitrogens is 2. The van der Waals surface area contributed by atoms with Crippen molar-refractivity contribution in [2.45, 2.75) is 11.5 Å². The molecule has 0 fully saturated rings. The molecule has 39 heavy (non-hydrogen) atoms. The molecule has 6 nitrogen and oxygen atoms in total. The summed E-state index contributed by atoms with van der Waals surface area (Å²) >= 11 is 11.7. The smallest absolute Gasteiger partial charge is 0.175 e. The molecule has 203 valence electrons. The second kappa shape index (κ2) is 20.0. The number of pyridine rings is 2. The van der Waals surface area contributed by atoms with E-state index in [4.69, 9.17) is 0 Å². The molecule has 11 heteroatoms. The molecule has 4 aromatic rings. The molecule has 2 heterocycles. The van der Waals surface area contributed by atoms with Crippen LogP contribution in [0.25, 0.3) is 10.9 Å². The standard InChI is InChI=1S/2C14H13N3S2.Cu/c2*18-14(19-11-12-6-2-1-3-7-12)17-16-10-13-8-4-5-9-15-13;/h2*1-10H,11H2,(H,15,17,18);. The van der Waals surface area contributed by atoms with Crippen molar-refractivity contribution in [1.82, 2.24) is 9.97 Å². The van der Waals surface area contributed by atoms with Crippen LogP contribution in [0.3, 0.4) is 0 Å². The van der Waals surface area contributed by atoms with Crippen molar-refractivity contribution in [3.8, 4) is 0 Å². The first-order valence-corrected chi connectivity index (χ1v) is 14.3. The second-order valence-corrected chi connectivity index (χ2v) is 10.7. The Morgan fingerprint density at radius 3 is 1.36 bits per heavy atom. The summed E-state index contributed by atoms with van der Waals surface area (Å²) in [5.74, 6) is 1.67. The van der Waals surface area contributed by atoms with Crippen LogP contribution in [-0.4, -0.2) is 31.0 Å². The van der Waals surface area contributed by atoms with E-state index in [1.807, 2.05) is 72.8 Å². The molecule has 0 aliphatic carbocycles. The monoisotopic (exact) mass is 637 g/mol. The second-order valence-electron chi connectivity index (χ2n) is 7.31. The normalized spacial score (nSPS) is 10.3. The number of nitrogens with zero attached hydrogens (tertiary/aromatic N) is 6. The predicted molar refractivity (Wildman–Crippen MR) is 173 cm³/mol. The van der Waals surface area contributed by atoms with Gasteiger partial charge in [0.05, 0.1) is 11.4 Å². The molecular formula is C28H26CuN6S4. The van der Waals surface area contributed by atoms with Crippen LogP contribution in [0.15, 0.2) is 120 Å². The number of benzene rings is 2. The third-order valence-corrected chi connectivity index (χ3v) is 7.05. The molecule has 2 aromatic carbocycles. The zero-order chi connectivity index (χ0) is 26.7. The van der Waals surface area contributed by atoms with Crippen LogP contribution >= 0.6 is 23.5 Å². The molecule has 2 aromatic heterocycles. The Kier molecular flexibility index (Phi) is 16.6. The molecule has 0 aliphatic rings. The minimum atomic E-state index is 0. The SMILES string of the molecule is [Cu].[SH+]=C([N-]N=Cc1ccccn1)SCc1ccccc1.[SH+]=C([N-]N=Cc1ccccn1)SCc1ccccc1. The van der Waals surface area contributed by atoms with Gasteiger partial charge in [0.2, 0.25) is 0 Å². The topological polar surface area (TPSA) is 78.7 Å². The fourth-order valence-electron chi connectivity index (χ4n) is 2.68. The quantitative estimate of drug-likeness (QED) is 0.0578. The predicted octanol–water partition coefficient (Wildman–Crippen LogP) is 6.18. The summed E-state index contributed by atoms with van der Waals surface area (Å²) in [5, 5.41) is 7.91. The molecule has 0 N–H and O–H groups in total. The van der Waals surface area contributed by atoms with Gasteiger partial charge in [0.25, 0.3) is 0 Å². The van der Waals surface area contributed by atoms with E-state index in [-0.39, 0.29) is 17.1 Å². The summed E-state index contributed by atoms with van der Waals surface area (Å²) in [6, 6.07) is 31.6. The van der Waals surface area contributed by atoms with E-state index in [0.29, 0.717) is 8.64 Å². The van der Waals surface area contributed by atoms with Gasteiger partial charge in [-0.05, 0) is 35.4 Å². The molecule has 0 unspecified atom stereocenters. The molecule has 4 rings (SSSR count). The summed E-state index contributed by atoms with van der Waals surface area (Å²) in [6.45, 7) is 0. The Hall–Kier alpha value is -2.92. The van der Waals surface area contributed by atoms with Crippen LogP contribution in [0.2, 0.25) is 0 Å². The molecule has 0 atom stereocenters. The third kappa shape index (κ3) is 14.7. The van der Waals surface area contributed by atoms with Crippen molar-refractivity contribution in [3.63, 3.8) is 0 Å². The van der Waals surface area contributed by atoms with Gasteiger partial charge in [0.15, 0.2) is 33.1 Å². The fourth-order valence-corrected chi connectivity index (χ4v) is 4.36. The molecular weight excluding hydrogens is 612 g/mol. The average Bonchev–Trinajstić information content (AvgIpc) is 2.98. The van der Waals surface area contributed by atoms with E-state index in [9.17, 15) is 0 Å². The maximum absolute atomic E-state index is 4.29. The van der Waals surface area contributed by atoms with E-state index in [0.717, 1.165) is 22.9 Å². The Morgan fingerprint density at radius 2 is 1.00 bits per heavy atom. The van der Waals surface area contributed by atoms with Gasteiger partial charge < -0.3 is 21.1 Å². The van der Waals surface area contributed by atoms with Crippen molar-refractivity contribution in [2.75, 3.05) is 0 Å². The van der Waals surface area contributed by atoms with Crippen molar-refractivity contribution in [1.29, 1.82) is 0 Å². The molecule has 0 saturated carbocycles. The molecule has 0 aliphatic heterocycles. The summed E-state index contributed by atoms with van der Waals surface area (Å²) in [7, 11) is 0. The Balaban J connectivity index is 0.000000267. The first kappa shape index (κ1) is 32.3. The summed E-state index contributed by atoms with van der Waals surface area (Å²) in [4.78, 5) is 8.24. The van der Waals surface area contributed by atoms with Gasteiger partial charge in [-0.2, -0.15) is 0 Å². The van der Waals surface area contributed by atoms with E-state index in [2.05, 4.69) is 79.7 Å². The average molecular weight is 638 g/mol. The molecule has 0 bridgehead atoms. The Labute approximate surface area is 259 Å². The van der Waals surface area contributed by atoms with Gasteiger partial charge in [0, 0.05) is 53.4 Å². The molecule has 0 saturated heterocycles. The van der Waals surface area contributed by atoms with Crippen LogP contribution in [0, 0.1) is 0 Å². The maximum Gasteiger partial charge on any atom is 0.175 e. The summed E-state index contributed by atoms with van der Waals surface area (Å²) in [6.07, 6.45) is 6.66. The largest absolute Gasteiger partial charge is 0.520 e. The first-order chi connectivity index (χ1) is 18.7. The molecule has 0 spiro atoms. The molecule has 0 amide bonds. The van der Waals surface area contributed by atoms with Gasteiger partial charge in [-0.3, -0.25) is 9.97 Å². The number of hydrogen-bond acceptors (Lipinski definition) is 6. The first-order valence-electron chi connectivity index (χ1n) is 11.4. The van der Waals surface area contributed by atoms with Crippen LogP contribution in [0.4, 0.5) is 0 Å². The van der Waals surface area contributed by atoms with Crippen molar-refractivity contribution in [3.05, 3.63) is 143 Å². The number of thiol groups is 2. The Morgan fingerprint density at radius 1 is 0.615 bits per heavy atom. The van der Waals surface area contributed by atoms with E-state index in [1.165, 1.54) is 11.1 Å². The maximum atomic E-state index is 4.29. The van der Waals surface area contributed by atoms with Gasteiger partial charge >= 0.3 is 0 Å². The van der Waals surface area contributed by atoms with Crippen LogP contribution < -0.4 is 0 Å². The van der Waals surface area contributed by atoms with Gasteiger partial charge in [-0.1, -0.05) is 96.3 Å². The van der Waals surface area contributed by atoms with Gasteiger partial charge in [-0.25, -0.2) is 0 Å². The van der Waals surface area contributed by atoms with Crippen molar-refractivity contribution >= 4 is 69.0 Å².